The van der Waals surface area contributed by atoms with Gasteiger partial charge in [-0.2, -0.15) is 0 Å². The van der Waals surface area contributed by atoms with Crippen LogP contribution in [0, 0.1) is 5.92 Å². The summed E-state index contributed by atoms with van der Waals surface area (Å²) < 4.78 is 0. The summed E-state index contributed by atoms with van der Waals surface area (Å²) in [5.41, 5.74) is 0. The molecule has 0 aromatic heterocycles. The number of carbonyl (C=O) groups excluding carboxylic acids is 2. The fraction of sp³-hybridized carbons (Fsp3) is 0.833. The van der Waals surface area contributed by atoms with Crippen molar-refractivity contribution in [3.8, 4) is 0 Å². The Balaban J connectivity index is 2.27. The molecule has 1 saturated heterocycles. The summed E-state index contributed by atoms with van der Waals surface area (Å²) in [7, 11) is 1.83. The number of nitrogens with zero attached hydrogens (tertiary/aromatic N) is 2. The summed E-state index contributed by atoms with van der Waals surface area (Å²) in [5, 5.41) is 0. The van der Waals surface area contributed by atoms with E-state index in [1.54, 1.807) is 4.90 Å². The molecule has 0 N–H and O–H groups in total. The summed E-state index contributed by atoms with van der Waals surface area (Å²) >= 11 is 0. The lowest BCUT2D eigenvalue weighted by Gasteiger charge is -2.46. The Bertz CT molecular complexity index is 314. The number of fused-ring (bicyclic) bond motifs is 1. The van der Waals surface area contributed by atoms with Gasteiger partial charge in [0.05, 0.1) is 5.92 Å². The zero-order valence-corrected chi connectivity index (χ0v) is 10.3. The van der Waals surface area contributed by atoms with E-state index < -0.39 is 0 Å². The number of amides is 3. The second-order valence-electron chi connectivity index (χ2n) is 5.15. The lowest BCUT2D eigenvalue weighted by molar-refractivity contribution is -0.141. The van der Waals surface area contributed by atoms with Gasteiger partial charge in [0.15, 0.2) is 0 Å². The van der Waals surface area contributed by atoms with Gasteiger partial charge in [0.25, 0.3) is 0 Å². The third kappa shape index (κ3) is 1.60. The predicted octanol–water partition coefficient (Wildman–Crippen LogP) is 1.85. The molecule has 2 fully saturated rings. The van der Waals surface area contributed by atoms with Crippen molar-refractivity contribution in [1.29, 1.82) is 0 Å². The zero-order valence-electron chi connectivity index (χ0n) is 10.3. The molecule has 4 nitrogen and oxygen atoms in total. The molecule has 1 aliphatic carbocycles. The third-order valence-corrected chi connectivity index (χ3v) is 3.81. The Hall–Kier alpha value is -1.06. The topological polar surface area (TPSA) is 40.6 Å². The van der Waals surface area contributed by atoms with Gasteiger partial charge in [0.2, 0.25) is 5.91 Å². The molecule has 16 heavy (non-hydrogen) atoms. The van der Waals surface area contributed by atoms with Crippen molar-refractivity contribution in [2.24, 2.45) is 5.92 Å². The highest BCUT2D eigenvalue weighted by Gasteiger charge is 2.46. The number of carbonyl (C=O) groups is 2. The summed E-state index contributed by atoms with van der Waals surface area (Å²) in [5.74, 6) is 0.0849. The minimum atomic E-state index is -0.122. The van der Waals surface area contributed by atoms with E-state index in [2.05, 4.69) is 0 Å². The molecule has 1 heterocycles. The second-order valence-corrected chi connectivity index (χ2v) is 5.15. The van der Waals surface area contributed by atoms with Gasteiger partial charge in [-0.15, -0.1) is 0 Å². The lowest BCUT2D eigenvalue weighted by Crippen LogP contribution is -2.62. The summed E-state index contributed by atoms with van der Waals surface area (Å²) in [6.45, 7) is 3.79. The maximum absolute atomic E-state index is 12.2. The maximum Gasteiger partial charge on any atom is 0.326 e. The first kappa shape index (κ1) is 11.4. The number of imide groups is 1. The van der Waals surface area contributed by atoms with Crippen molar-refractivity contribution in [2.75, 3.05) is 7.05 Å². The van der Waals surface area contributed by atoms with E-state index in [-0.39, 0.29) is 29.9 Å². The van der Waals surface area contributed by atoms with Crippen LogP contribution in [0.4, 0.5) is 4.79 Å². The molecule has 2 atom stereocenters. The quantitative estimate of drug-likeness (QED) is 0.682. The van der Waals surface area contributed by atoms with E-state index in [1.165, 1.54) is 4.90 Å². The highest BCUT2D eigenvalue weighted by atomic mass is 16.2. The van der Waals surface area contributed by atoms with Crippen molar-refractivity contribution < 1.29 is 9.59 Å². The van der Waals surface area contributed by atoms with Gasteiger partial charge in [-0.25, -0.2) is 4.79 Å². The predicted molar refractivity (Wildman–Crippen MR) is 60.9 cm³/mol. The van der Waals surface area contributed by atoms with Crippen LogP contribution in [0.5, 0.6) is 0 Å². The number of hydrogen-bond acceptors (Lipinski definition) is 2. The lowest BCUT2D eigenvalue weighted by atomic mass is 9.81. The normalized spacial score (nSPS) is 31.0. The molecule has 4 heteroatoms. The molecule has 2 unspecified atom stereocenters. The van der Waals surface area contributed by atoms with Crippen LogP contribution in [0.3, 0.4) is 0 Å². The highest BCUT2D eigenvalue weighted by Crippen LogP contribution is 2.34. The minimum Gasteiger partial charge on any atom is -0.324 e. The molecule has 1 saturated carbocycles. The zero-order chi connectivity index (χ0) is 11.9. The van der Waals surface area contributed by atoms with Gasteiger partial charge < -0.3 is 4.90 Å². The Morgan fingerprint density at radius 2 is 1.81 bits per heavy atom. The van der Waals surface area contributed by atoms with E-state index in [0.717, 1.165) is 25.7 Å². The van der Waals surface area contributed by atoms with Gasteiger partial charge >= 0.3 is 6.03 Å². The molecule has 1 aliphatic heterocycles. The van der Waals surface area contributed by atoms with Crippen LogP contribution < -0.4 is 0 Å². The number of rotatable bonds is 1. The maximum atomic E-state index is 12.2. The number of urea groups is 1. The van der Waals surface area contributed by atoms with Crippen LogP contribution in [0.1, 0.15) is 39.5 Å². The molecular weight excluding hydrogens is 204 g/mol. The highest BCUT2D eigenvalue weighted by molar-refractivity contribution is 5.99. The Kier molecular flexibility index (Phi) is 2.91. The van der Waals surface area contributed by atoms with Crippen LogP contribution >= 0.6 is 0 Å². The average Bonchev–Trinajstić information content (AvgIpc) is 2.26. The van der Waals surface area contributed by atoms with Crippen molar-refractivity contribution >= 4 is 11.9 Å². The molecule has 0 aromatic carbocycles. The first-order chi connectivity index (χ1) is 7.54. The van der Waals surface area contributed by atoms with E-state index in [1.807, 2.05) is 20.9 Å². The van der Waals surface area contributed by atoms with Crippen LogP contribution in [-0.4, -0.2) is 40.9 Å². The third-order valence-electron chi connectivity index (χ3n) is 3.81. The first-order valence-corrected chi connectivity index (χ1v) is 6.14. The van der Waals surface area contributed by atoms with E-state index in [0.29, 0.717) is 0 Å². The monoisotopic (exact) mass is 224 g/mol. The summed E-state index contributed by atoms with van der Waals surface area (Å²) in [4.78, 5) is 27.5. The smallest absolute Gasteiger partial charge is 0.324 e. The van der Waals surface area contributed by atoms with Crippen molar-refractivity contribution in [2.45, 2.75) is 51.6 Å². The molecule has 0 spiro atoms. The van der Waals surface area contributed by atoms with Crippen molar-refractivity contribution in [3.63, 3.8) is 0 Å². The fourth-order valence-corrected chi connectivity index (χ4v) is 2.92. The Morgan fingerprint density at radius 3 is 2.44 bits per heavy atom. The average molecular weight is 224 g/mol. The molecule has 0 radical (unpaired) electrons. The summed E-state index contributed by atoms with van der Waals surface area (Å²) in [6.07, 6.45) is 4.16. The molecule has 90 valence electrons. The standard InChI is InChI=1S/C12H20N2O2/c1-8(2)14-11(15)9-6-4-5-7-10(9)13(3)12(14)16/h8-10H,4-7H2,1-3H3. The molecule has 2 aliphatic rings. The molecule has 2 rings (SSSR count). The molecule has 0 bridgehead atoms. The SMILES string of the molecule is CC(C)N1C(=O)C2CCCCC2N(C)C1=O. The summed E-state index contributed by atoms with van der Waals surface area (Å²) in [6, 6.07) is -0.0165. The Morgan fingerprint density at radius 1 is 1.19 bits per heavy atom. The fourth-order valence-electron chi connectivity index (χ4n) is 2.92. The van der Waals surface area contributed by atoms with Gasteiger partial charge in [-0.05, 0) is 26.7 Å². The van der Waals surface area contributed by atoms with Gasteiger partial charge in [-0.1, -0.05) is 12.8 Å². The number of hydrogen-bond donors (Lipinski definition) is 0. The van der Waals surface area contributed by atoms with E-state index in [4.69, 9.17) is 0 Å². The molecule has 3 amide bonds. The van der Waals surface area contributed by atoms with Gasteiger partial charge in [0, 0.05) is 19.1 Å². The Labute approximate surface area is 96.6 Å². The van der Waals surface area contributed by atoms with Crippen LogP contribution in [0.15, 0.2) is 0 Å². The first-order valence-electron chi connectivity index (χ1n) is 6.14. The van der Waals surface area contributed by atoms with Crippen LogP contribution in [0.25, 0.3) is 0 Å². The van der Waals surface area contributed by atoms with E-state index >= 15 is 0 Å². The van der Waals surface area contributed by atoms with Gasteiger partial charge in [-0.3, -0.25) is 9.69 Å². The largest absolute Gasteiger partial charge is 0.326 e. The van der Waals surface area contributed by atoms with Crippen LogP contribution in [-0.2, 0) is 4.79 Å². The van der Waals surface area contributed by atoms with E-state index in [9.17, 15) is 9.59 Å². The van der Waals surface area contributed by atoms with Crippen molar-refractivity contribution in [3.05, 3.63) is 0 Å². The molecular formula is C12H20N2O2. The van der Waals surface area contributed by atoms with Gasteiger partial charge in [0.1, 0.15) is 0 Å². The van der Waals surface area contributed by atoms with Crippen LogP contribution in [0.2, 0.25) is 0 Å². The molecule has 0 aromatic rings. The second kappa shape index (κ2) is 4.07. The van der Waals surface area contributed by atoms with Crippen molar-refractivity contribution in [1.82, 2.24) is 9.80 Å². The minimum absolute atomic E-state index is 0.0367.